The molecular formula is C51H32N4O. The van der Waals surface area contributed by atoms with Gasteiger partial charge in [-0.05, 0) is 69.8 Å². The average molecular weight is 717 g/mol. The molecule has 0 unspecified atom stereocenters. The molecule has 0 aliphatic carbocycles. The predicted octanol–water partition coefficient (Wildman–Crippen LogP) is 13.2. The first-order valence-corrected chi connectivity index (χ1v) is 18.8. The molecule has 0 radical (unpaired) electrons. The van der Waals surface area contributed by atoms with Gasteiger partial charge < -0.3 is 4.42 Å². The quantitative estimate of drug-likeness (QED) is 0.172. The maximum atomic E-state index is 6.39. The molecule has 0 saturated carbocycles. The third kappa shape index (κ3) is 5.37. The normalized spacial score (nSPS) is 11.6. The highest BCUT2D eigenvalue weighted by Gasteiger charge is 2.20. The SMILES string of the molecule is c1ccc(-c2cccc(-c3nc(-c4ccccc4)nc(-n4c5ccccc5c5ccc(-c6cc7c(cc6-c6ccccc6)oc6ccccc67)cc54)n3)c2)cc1. The number of para-hydroxylation sites is 2. The van der Waals surface area contributed by atoms with Crippen molar-refractivity contribution in [1.29, 1.82) is 0 Å². The third-order valence-corrected chi connectivity index (χ3v) is 10.7. The Balaban J connectivity index is 1.17. The van der Waals surface area contributed by atoms with E-state index in [1.807, 2.05) is 48.5 Å². The minimum atomic E-state index is 0.557. The van der Waals surface area contributed by atoms with Crippen LogP contribution in [0.2, 0.25) is 0 Å². The molecule has 8 aromatic carbocycles. The smallest absolute Gasteiger partial charge is 0.238 e. The topological polar surface area (TPSA) is 56.7 Å². The minimum absolute atomic E-state index is 0.557. The van der Waals surface area contributed by atoms with Gasteiger partial charge in [0.15, 0.2) is 11.6 Å². The zero-order valence-corrected chi connectivity index (χ0v) is 30.2. The van der Waals surface area contributed by atoms with E-state index in [1.165, 1.54) is 0 Å². The molecule has 0 saturated heterocycles. The minimum Gasteiger partial charge on any atom is -0.456 e. The second-order valence-corrected chi connectivity index (χ2v) is 14.0. The van der Waals surface area contributed by atoms with Gasteiger partial charge in [-0.2, -0.15) is 9.97 Å². The fourth-order valence-electron chi connectivity index (χ4n) is 8.00. The number of benzene rings is 8. The van der Waals surface area contributed by atoms with Crippen LogP contribution in [0, 0.1) is 0 Å². The summed E-state index contributed by atoms with van der Waals surface area (Å²) < 4.78 is 8.59. The van der Waals surface area contributed by atoms with Gasteiger partial charge in [-0.1, -0.05) is 158 Å². The highest BCUT2D eigenvalue weighted by Crippen LogP contribution is 2.42. The first-order valence-electron chi connectivity index (χ1n) is 18.8. The molecule has 0 amide bonds. The highest BCUT2D eigenvalue weighted by atomic mass is 16.3. The molecule has 3 heterocycles. The van der Waals surface area contributed by atoms with Crippen molar-refractivity contribution in [3.8, 4) is 62.1 Å². The zero-order chi connectivity index (χ0) is 37.0. The summed E-state index contributed by atoms with van der Waals surface area (Å²) >= 11 is 0. The van der Waals surface area contributed by atoms with Crippen LogP contribution in [0.15, 0.2) is 199 Å². The summed E-state index contributed by atoms with van der Waals surface area (Å²) in [5.74, 6) is 1.78. The summed E-state index contributed by atoms with van der Waals surface area (Å²) in [5, 5.41) is 4.43. The van der Waals surface area contributed by atoms with E-state index in [4.69, 9.17) is 19.4 Å². The monoisotopic (exact) mass is 716 g/mol. The van der Waals surface area contributed by atoms with Gasteiger partial charge in [0.05, 0.1) is 11.0 Å². The van der Waals surface area contributed by atoms with Crippen molar-refractivity contribution in [2.45, 2.75) is 0 Å². The fourth-order valence-corrected chi connectivity index (χ4v) is 8.00. The van der Waals surface area contributed by atoms with Gasteiger partial charge in [-0.25, -0.2) is 4.98 Å². The van der Waals surface area contributed by atoms with E-state index in [9.17, 15) is 0 Å². The van der Waals surface area contributed by atoms with Gasteiger partial charge in [0.1, 0.15) is 11.2 Å². The number of hydrogen-bond donors (Lipinski definition) is 0. The van der Waals surface area contributed by atoms with Crippen LogP contribution in [0.1, 0.15) is 0 Å². The van der Waals surface area contributed by atoms with Crippen LogP contribution >= 0.6 is 0 Å². The third-order valence-electron chi connectivity index (χ3n) is 10.7. The molecule has 0 aliphatic heterocycles. The van der Waals surface area contributed by atoms with Crippen LogP contribution in [0.25, 0.3) is 106 Å². The van der Waals surface area contributed by atoms with Crippen molar-refractivity contribution in [2.24, 2.45) is 0 Å². The molecule has 3 aromatic heterocycles. The lowest BCUT2D eigenvalue weighted by atomic mass is 9.92. The van der Waals surface area contributed by atoms with Gasteiger partial charge in [0, 0.05) is 32.7 Å². The van der Waals surface area contributed by atoms with E-state index in [2.05, 4.69) is 150 Å². The molecule has 0 aliphatic rings. The van der Waals surface area contributed by atoms with Crippen LogP contribution in [0.5, 0.6) is 0 Å². The maximum absolute atomic E-state index is 6.39. The largest absolute Gasteiger partial charge is 0.456 e. The van der Waals surface area contributed by atoms with Gasteiger partial charge in [-0.15, -0.1) is 0 Å². The van der Waals surface area contributed by atoms with E-state index in [1.54, 1.807) is 0 Å². The molecule has 0 fully saturated rings. The summed E-state index contributed by atoms with van der Waals surface area (Å²) in [5.41, 5.74) is 12.3. The Bertz CT molecular complexity index is 3240. The van der Waals surface area contributed by atoms with Crippen molar-refractivity contribution in [1.82, 2.24) is 19.5 Å². The number of aromatic nitrogens is 4. The summed E-state index contributed by atoms with van der Waals surface area (Å²) in [6.07, 6.45) is 0. The Hall–Kier alpha value is -7.63. The van der Waals surface area contributed by atoms with E-state index in [0.29, 0.717) is 17.6 Å². The van der Waals surface area contributed by atoms with Crippen molar-refractivity contribution in [2.75, 3.05) is 0 Å². The Morgan fingerprint density at radius 2 is 0.911 bits per heavy atom. The molecule has 11 aromatic rings. The van der Waals surface area contributed by atoms with E-state index < -0.39 is 0 Å². The molecule has 5 nitrogen and oxygen atoms in total. The van der Waals surface area contributed by atoms with Crippen LogP contribution in [-0.4, -0.2) is 19.5 Å². The van der Waals surface area contributed by atoms with E-state index in [-0.39, 0.29) is 0 Å². The lowest BCUT2D eigenvalue weighted by Crippen LogP contribution is -2.06. The lowest BCUT2D eigenvalue weighted by molar-refractivity contribution is 0.669. The molecule has 262 valence electrons. The zero-order valence-electron chi connectivity index (χ0n) is 30.2. The Kier molecular flexibility index (Phi) is 7.42. The number of nitrogens with zero attached hydrogens (tertiary/aromatic N) is 4. The fraction of sp³-hybridized carbons (Fsp3) is 0. The van der Waals surface area contributed by atoms with Crippen LogP contribution in [-0.2, 0) is 0 Å². The second kappa shape index (κ2) is 13.0. The molecule has 0 bridgehead atoms. The number of hydrogen-bond acceptors (Lipinski definition) is 4. The summed E-state index contributed by atoms with van der Waals surface area (Å²) in [6, 6.07) is 67.5. The van der Waals surface area contributed by atoms with Crippen molar-refractivity contribution < 1.29 is 4.42 Å². The molecule has 11 rings (SSSR count). The molecule has 56 heavy (non-hydrogen) atoms. The summed E-state index contributed by atoms with van der Waals surface area (Å²) in [6.45, 7) is 0. The second-order valence-electron chi connectivity index (χ2n) is 14.0. The highest BCUT2D eigenvalue weighted by molar-refractivity contribution is 6.12. The van der Waals surface area contributed by atoms with Crippen LogP contribution in [0.3, 0.4) is 0 Å². The van der Waals surface area contributed by atoms with Crippen molar-refractivity contribution >= 4 is 43.7 Å². The first-order chi connectivity index (χ1) is 27.7. The first kappa shape index (κ1) is 31.9. The maximum Gasteiger partial charge on any atom is 0.238 e. The number of fused-ring (bicyclic) bond motifs is 6. The number of rotatable bonds is 6. The molecule has 0 spiro atoms. The average Bonchev–Trinajstić information content (AvgIpc) is 3.81. The van der Waals surface area contributed by atoms with Crippen molar-refractivity contribution in [3.63, 3.8) is 0 Å². The molecule has 0 N–H and O–H groups in total. The van der Waals surface area contributed by atoms with Gasteiger partial charge in [-0.3, -0.25) is 4.57 Å². The Morgan fingerprint density at radius 1 is 0.321 bits per heavy atom. The standard InChI is InChI=1S/C51H32N4O/c1-4-15-33(16-5-1)36-21-14-22-38(29-36)50-52-49(35-19-8-3-9-20-35)53-51(54-50)55-45-25-12-10-23-39(45)40-28-27-37(30-46(40)55)42-31-44-41-24-11-13-26-47(41)56-48(44)32-43(42)34-17-6-2-7-18-34/h1-32H. The Labute approximate surface area is 322 Å². The van der Waals surface area contributed by atoms with E-state index in [0.717, 1.165) is 88.3 Å². The summed E-state index contributed by atoms with van der Waals surface area (Å²) in [4.78, 5) is 15.6. The van der Waals surface area contributed by atoms with E-state index >= 15 is 0 Å². The Morgan fingerprint density at radius 3 is 1.70 bits per heavy atom. The van der Waals surface area contributed by atoms with Gasteiger partial charge in [0.25, 0.3) is 0 Å². The molecule has 0 atom stereocenters. The van der Waals surface area contributed by atoms with Crippen LogP contribution < -0.4 is 0 Å². The van der Waals surface area contributed by atoms with Gasteiger partial charge >= 0.3 is 0 Å². The van der Waals surface area contributed by atoms with Crippen LogP contribution in [0.4, 0.5) is 0 Å². The van der Waals surface area contributed by atoms with Crippen molar-refractivity contribution in [3.05, 3.63) is 194 Å². The molecule has 5 heteroatoms. The molecular weight excluding hydrogens is 685 g/mol. The number of furan rings is 1. The summed E-state index contributed by atoms with van der Waals surface area (Å²) in [7, 11) is 0. The predicted molar refractivity (Wildman–Crippen MR) is 229 cm³/mol. The lowest BCUT2D eigenvalue weighted by Gasteiger charge is -2.13. The van der Waals surface area contributed by atoms with Gasteiger partial charge in [0.2, 0.25) is 5.95 Å².